The first-order valence-corrected chi connectivity index (χ1v) is 6.55. The van der Waals surface area contributed by atoms with Crippen molar-refractivity contribution in [1.82, 2.24) is 9.97 Å². The minimum Gasteiger partial charge on any atom is -0.437 e. The number of hydrogen-bond acceptors (Lipinski definition) is 5. The Bertz CT molecular complexity index is 610. The van der Waals surface area contributed by atoms with E-state index in [4.69, 9.17) is 22.2 Å². The number of nitrogens with two attached hydrogens (primary N) is 1. The fourth-order valence-corrected chi connectivity index (χ4v) is 1.76. The number of benzene rings is 1. The highest BCUT2D eigenvalue weighted by atomic mass is 35.5. The van der Waals surface area contributed by atoms with Gasteiger partial charge in [0, 0.05) is 0 Å². The summed E-state index contributed by atoms with van der Waals surface area (Å²) in [5, 5.41) is 0.324. The lowest BCUT2D eigenvalue weighted by Gasteiger charge is -2.19. The summed E-state index contributed by atoms with van der Waals surface area (Å²) in [6.45, 7) is 6.42. The minimum absolute atomic E-state index is 0.0405. The van der Waals surface area contributed by atoms with E-state index in [9.17, 15) is 0 Å². The summed E-state index contributed by atoms with van der Waals surface area (Å²) >= 11 is 6.01. The van der Waals surface area contributed by atoms with Gasteiger partial charge in [-0.25, -0.2) is 10.8 Å². The normalized spacial score (nSPS) is 11.2. The molecule has 0 fully saturated rings. The molecule has 0 saturated heterocycles. The average Bonchev–Trinajstić information content (AvgIpc) is 2.41. The number of halogens is 1. The van der Waals surface area contributed by atoms with Crippen molar-refractivity contribution in [3.63, 3.8) is 0 Å². The van der Waals surface area contributed by atoms with Crippen LogP contribution < -0.4 is 16.0 Å². The van der Waals surface area contributed by atoms with Gasteiger partial charge in [-0.05, 0) is 23.1 Å². The van der Waals surface area contributed by atoms with Crippen LogP contribution in [0.2, 0.25) is 5.02 Å². The van der Waals surface area contributed by atoms with Gasteiger partial charge in [-0.2, -0.15) is 4.98 Å². The van der Waals surface area contributed by atoms with Crippen molar-refractivity contribution >= 4 is 17.5 Å². The van der Waals surface area contributed by atoms with Crippen molar-refractivity contribution in [3.05, 3.63) is 41.0 Å². The zero-order chi connectivity index (χ0) is 14.8. The number of nitrogens with one attached hydrogen (secondary N) is 1. The summed E-state index contributed by atoms with van der Waals surface area (Å²) in [5.74, 6) is 6.45. The van der Waals surface area contributed by atoms with Gasteiger partial charge in [0.15, 0.2) is 0 Å². The van der Waals surface area contributed by atoms with Crippen LogP contribution in [0.3, 0.4) is 0 Å². The van der Waals surface area contributed by atoms with Crippen LogP contribution >= 0.6 is 11.6 Å². The van der Waals surface area contributed by atoms with Gasteiger partial charge in [-0.1, -0.05) is 44.5 Å². The number of nitrogen functional groups attached to an aromatic ring is 1. The van der Waals surface area contributed by atoms with Gasteiger partial charge in [-0.3, -0.25) is 5.43 Å². The predicted octanol–water partition coefficient (Wildman–Crippen LogP) is 3.51. The topological polar surface area (TPSA) is 73.1 Å². The molecule has 106 valence electrons. The number of hydrogen-bond donors (Lipinski definition) is 2. The molecule has 20 heavy (non-hydrogen) atoms. The highest BCUT2D eigenvalue weighted by molar-refractivity contribution is 6.31. The van der Waals surface area contributed by atoms with E-state index in [2.05, 4.69) is 42.2 Å². The number of nitrogens with zero attached hydrogens (tertiary/aromatic N) is 2. The number of aromatic nitrogens is 2. The van der Waals surface area contributed by atoms with E-state index in [0.29, 0.717) is 10.8 Å². The Morgan fingerprint density at radius 1 is 1.30 bits per heavy atom. The van der Waals surface area contributed by atoms with Gasteiger partial charge in [0.1, 0.15) is 10.8 Å². The van der Waals surface area contributed by atoms with Crippen LogP contribution in [0.4, 0.5) is 5.95 Å². The first kappa shape index (κ1) is 14.6. The van der Waals surface area contributed by atoms with Crippen LogP contribution in [0.15, 0.2) is 30.5 Å². The highest BCUT2D eigenvalue weighted by Crippen LogP contribution is 2.30. The van der Waals surface area contributed by atoms with E-state index < -0.39 is 0 Å². The average molecular weight is 293 g/mol. The molecule has 1 heterocycles. The van der Waals surface area contributed by atoms with Crippen LogP contribution in [-0.4, -0.2) is 9.97 Å². The molecule has 0 aliphatic heterocycles. The summed E-state index contributed by atoms with van der Waals surface area (Å²) < 4.78 is 5.71. The molecule has 2 rings (SSSR count). The number of rotatable bonds is 3. The zero-order valence-electron chi connectivity index (χ0n) is 11.6. The molecule has 0 aliphatic rings. The van der Waals surface area contributed by atoms with Gasteiger partial charge >= 0.3 is 0 Å². The molecule has 0 saturated carbocycles. The predicted molar refractivity (Wildman–Crippen MR) is 80.1 cm³/mol. The van der Waals surface area contributed by atoms with Crippen molar-refractivity contribution in [2.45, 2.75) is 26.2 Å². The molecule has 0 aliphatic carbocycles. The lowest BCUT2D eigenvalue weighted by atomic mass is 9.87. The smallest absolute Gasteiger partial charge is 0.243 e. The zero-order valence-corrected chi connectivity index (χ0v) is 12.4. The van der Waals surface area contributed by atoms with Crippen LogP contribution in [0.25, 0.3) is 0 Å². The third-order valence-electron chi connectivity index (χ3n) is 2.76. The van der Waals surface area contributed by atoms with E-state index >= 15 is 0 Å². The Hall–Kier alpha value is -1.85. The molecule has 0 amide bonds. The van der Waals surface area contributed by atoms with E-state index in [-0.39, 0.29) is 17.2 Å². The molecule has 0 bridgehead atoms. The first-order chi connectivity index (χ1) is 9.40. The molecule has 2 aromatic rings. The number of anilines is 1. The molecule has 3 N–H and O–H groups in total. The molecule has 5 nitrogen and oxygen atoms in total. The Kier molecular flexibility index (Phi) is 4.11. The summed E-state index contributed by atoms with van der Waals surface area (Å²) in [6.07, 6.45) is 1.44. The van der Waals surface area contributed by atoms with Crippen LogP contribution in [-0.2, 0) is 5.41 Å². The summed E-state index contributed by atoms with van der Waals surface area (Å²) in [4.78, 5) is 7.97. The van der Waals surface area contributed by atoms with Crippen molar-refractivity contribution in [2.75, 3.05) is 5.43 Å². The second-order valence-electron chi connectivity index (χ2n) is 5.37. The largest absolute Gasteiger partial charge is 0.437 e. The third-order valence-corrected chi connectivity index (χ3v) is 3.01. The Morgan fingerprint density at radius 2 is 2.05 bits per heavy atom. The molecule has 1 aromatic carbocycles. The third kappa shape index (κ3) is 3.37. The summed E-state index contributed by atoms with van der Waals surface area (Å²) in [6, 6.07) is 7.81. The molecular weight excluding hydrogens is 276 g/mol. The SMILES string of the molecule is CC(C)(C)c1cccc(Oc2nc(NN)ncc2Cl)c1. The van der Waals surface area contributed by atoms with Crippen molar-refractivity contribution in [3.8, 4) is 11.6 Å². The minimum atomic E-state index is 0.0405. The second kappa shape index (κ2) is 5.64. The molecule has 6 heteroatoms. The Labute approximate surface area is 123 Å². The second-order valence-corrected chi connectivity index (χ2v) is 5.78. The lowest BCUT2D eigenvalue weighted by Crippen LogP contribution is -2.11. The van der Waals surface area contributed by atoms with Crippen LogP contribution in [0.5, 0.6) is 11.6 Å². The fourth-order valence-electron chi connectivity index (χ4n) is 1.63. The van der Waals surface area contributed by atoms with Gasteiger partial charge in [0.05, 0.1) is 6.20 Å². The van der Waals surface area contributed by atoms with Crippen molar-refractivity contribution < 1.29 is 4.74 Å². The number of ether oxygens (including phenoxy) is 1. The molecule has 0 unspecified atom stereocenters. The maximum atomic E-state index is 6.01. The fraction of sp³-hybridized carbons (Fsp3) is 0.286. The molecular formula is C14H17ClN4O. The maximum absolute atomic E-state index is 6.01. The molecule has 1 aromatic heterocycles. The van der Waals surface area contributed by atoms with Gasteiger partial charge < -0.3 is 4.74 Å². The Morgan fingerprint density at radius 3 is 2.70 bits per heavy atom. The Balaban J connectivity index is 2.30. The summed E-state index contributed by atoms with van der Waals surface area (Å²) in [7, 11) is 0. The first-order valence-electron chi connectivity index (χ1n) is 6.17. The van der Waals surface area contributed by atoms with Gasteiger partial charge in [0.2, 0.25) is 11.8 Å². The molecule has 0 spiro atoms. The quantitative estimate of drug-likeness (QED) is 0.669. The van der Waals surface area contributed by atoms with Crippen LogP contribution in [0.1, 0.15) is 26.3 Å². The van der Waals surface area contributed by atoms with E-state index in [0.717, 1.165) is 5.56 Å². The van der Waals surface area contributed by atoms with Crippen LogP contribution in [0, 0.1) is 0 Å². The summed E-state index contributed by atoms with van der Waals surface area (Å²) in [5.41, 5.74) is 3.56. The standard InChI is InChI=1S/C14H17ClN4O/c1-14(2,3)9-5-4-6-10(7-9)20-12-11(15)8-17-13(18-12)19-16/h4-8H,16H2,1-3H3,(H,17,18,19). The highest BCUT2D eigenvalue weighted by Gasteiger charge is 2.15. The molecule has 0 radical (unpaired) electrons. The van der Waals surface area contributed by atoms with Gasteiger partial charge in [-0.15, -0.1) is 0 Å². The van der Waals surface area contributed by atoms with E-state index in [1.807, 2.05) is 18.2 Å². The maximum Gasteiger partial charge on any atom is 0.243 e. The van der Waals surface area contributed by atoms with Crippen molar-refractivity contribution in [1.29, 1.82) is 0 Å². The molecule has 0 atom stereocenters. The number of hydrazine groups is 1. The van der Waals surface area contributed by atoms with E-state index in [1.54, 1.807) is 0 Å². The van der Waals surface area contributed by atoms with E-state index in [1.165, 1.54) is 6.20 Å². The monoisotopic (exact) mass is 292 g/mol. The van der Waals surface area contributed by atoms with Gasteiger partial charge in [0.25, 0.3) is 0 Å². The lowest BCUT2D eigenvalue weighted by molar-refractivity contribution is 0.459. The van der Waals surface area contributed by atoms with Crippen molar-refractivity contribution in [2.24, 2.45) is 5.84 Å².